The molecular formula is C14H12N6OS2. The Hall–Kier alpha value is -2.31. The van der Waals surface area contributed by atoms with Gasteiger partial charge in [0.05, 0.1) is 11.4 Å². The lowest BCUT2D eigenvalue weighted by Gasteiger charge is -2.14. The zero-order chi connectivity index (χ0) is 16.4. The molecule has 2 heterocycles. The van der Waals surface area contributed by atoms with Crippen molar-refractivity contribution in [3.63, 3.8) is 0 Å². The summed E-state index contributed by atoms with van der Waals surface area (Å²) >= 11 is 2.65. The minimum absolute atomic E-state index is 0.116. The van der Waals surface area contributed by atoms with Crippen molar-refractivity contribution in [3.05, 3.63) is 34.9 Å². The number of tetrazole rings is 1. The first-order valence-electron chi connectivity index (χ1n) is 6.65. The third kappa shape index (κ3) is 2.95. The summed E-state index contributed by atoms with van der Waals surface area (Å²) in [7, 11) is 3.56. The van der Waals surface area contributed by atoms with Crippen LogP contribution in [0, 0.1) is 11.3 Å². The molecule has 0 aliphatic carbocycles. The lowest BCUT2D eigenvalue weighted by Crippen LogP contribution is -2.16. The number of ketones is 1. The van der Waals surface area contributed by atoms with E-state index in [1.165, 1.54) is 28.2 Å². The van der Waals surface area contributed by atoms with Crippen molar-refractivity contribution in [2.45, 2.75) is 10.1 Å². The predicted molar refractivity (Wildman–Crippen MR) is 87.9 cm³/mol. The number of allylic oxidation sites excluding steroid dienone is 1. The smallest absolute Gasteiger partial charge is 0.209 e. The number of aryl methyl sites for hydroxylation is 1. The van der Waals surface area contributed by atoms with Crippen LogP contribution in [0.25, 0.3) is 0 Å². The van der Waals surface area contributed by atoms with Crippen LogP contribution in [0.4, 0.5) is 5.69 Å². The van der Waals surface area contributed by atoms with E-state index in [0.717, 1.165) is 10.6 Å². The van der Waals surface area contributed by atoms with Gasteiger partial charge in [-0.25, -0.2) is 4.68 Å². The monoisotopic (exact) mass is 344 g/mol. The number of aromatic nitrogens is 4. The molecule has 0 radical (unpaired) electrons. The first-order chi connectivity index (χ1) is 11.1. The molecule has 0 unspecified atom stereocenters. The second kappa shape index (κ2) is 6.44. The first kappa shape index (κ1) is 15.6. The van der Waals surface area contributed by atoms with Gasteiger partial charge in [-0.05, 0) is 22.6 Å². The number of fused-ring (bicyclic) bond motifs is 1. The Bertz CT molecular complexity index is 838. The van der Waals surface area contributed by atoms with Gasteiger partial charge in [-0.3, -0.25) is 4.79 Å². The summed E-state index contributed by atoms with van der Waals surface area (Å²) in [5, 5.41) is 21.7. The molecule has 0 fully saturated rings. The second-order valence-corrected chi connectivity index (χ2v) is 6.69. The highest BCUT2D eigenvalue weighted by Gasteiger charge is 2.27. The number of thioether (sulfide) groups is 2. The SMILES string of the molecule is CN1/C(=C(\C#N)C(=O)CSc2nnnn2C)Sc2ccccc21. The largest absolute Gasteiger partial charge is 0.337 e. The number of carbonyl (C=O) groups is 1. The maximum absolute atomic E-state index is 12.4. The lowest BCUT2D eigenvalue weighted by atomic mass is 10.2. The Balaban J connectivity index is 1.81. The zero-order valence-corrected chi connectivity index (χ0v) is 14.1. The zero-order valence-electron chi connectivity index (χ0n) is 12.4. The van der Waals surface area contributed by atoms with Gasteiger partial charge in [0.15, 0.2) is 5.78 Å². The first-order valence-corrected chi connectivity index (χ1v) is 8.45. The van der Waals surface area contributed by atoms with Crippen molar-refractivity contribution >= 4 is 35.0 Å². The molecule has 0 N–H and O–H groups in total. The molecule has 9 heteroatoms. The van der Waals surface area contributed by atoms with Crippen LogP contribution in [-0.4, -0.2) is 38.8 Å². The van der Waals surface area contributed by atoms with Gasteiger partial charge in [-0.15, -0.1) is 5.10 Å². The minimum atomic E-state index is -0.234. The summed E-state index contributed by atoms with van der Waals surface area (Å²) in [4.78, 5) is 15.4. The predicted octanol–water partition coefficient (Wildman–Crippen LogP) is 1.85. The van der Waals surface area contributed by atoms with E-state index < -0.39 is 0 Å². The third-order valence-corrected chi connectivity index (χ3v) is 5.50. The highest BCUT2D eigenvalue weighted by Crippen LogP contribution is 2.46. The third-order valence-electron chi connectivity index (χ3n) is 3.26. The van der Waals surface area contributed by atoms with Gasteiger partial charge in [0.1, 0.15) is 16.7 Å². The molecule has 23 heavy (non-hydrogen) atoms. The average Bonchev–Trinajstić information content (AvgIpc) is 3.11. The molecule has 0 spiro atoms. The second-order valence-electron chi connectivity index (χ2n) is 4.72. The number of para-hydroxylation sites is 1. The van der Waals surface area contributed by atoms with Crippen LogP contribution in [-0.2, 0) is 11.8 Å². The molecule has 1 aromatic carbocycles. The standard InChI is InChI=1S/C14H12N6OS2/c1-19-10-5-3-4-6-12(10)23-13(19)9(7-15)11(21)8-22-14-16-17-18-20(14)2/h3-6H,8H2,1-2H3/b13-9-. The van der Waals surface area contributed by atoms with Crippen molar-refractivity contribution in [1.29, 1.82) is 5.26 Å². The Morgan fingerprint density at radius 1 is 1.39 bits per heavy atom. The minimum Gasteiger partial charge on any atom is -0.337 e. The van der Waals surface area contributed by atoms with Crippen molar-refractivity contribution in [3.8, 4) is 6.07 Å². The van der Waals surface area contributed by atoms with Gasteiger partial charge in [0.2, 0.25) is 5.16 Å². The Labute approximate surface area is 141 Å². The summed E-state index contributed by atoms with van der Waals surface area (Å²) in [5.41, 5.74) is 1.16. The number of Topliss-reactive ketones (excluding diaryl/α,β-unsaturated/α-hetero) is 1. The van der Waals surface area contributed by atoms with Crippen molar-refractivity contribution in [2.75, 3.05) is 17.7 Å². The number of rotatable bonds is 4. The quantitative estimate of drug-likeness (QED) is 0.472. The van der Waals surface area contributed by atoms with Crippen LogP contribution in [0.2, 0.25) is 0 Å². The molecule has 7 nitrogen and oxygen atoms in total. The van der Waals surface area contributed by atoms with Gasteiger partial charge in [0.25, 0.3) is 0 Å². The summed E-state index contributed by atoms with van der Waals surface area (Å²) in [6, 6.07) is 9.86. The fourth-order valence-electron chi connectivity index (χ4n) is 2.10. The number of carbonyl (C=O) groups excluding carboxylic acids is 1. The van der Waals surface area contributed by atoms with E-state index in [1.54, 1.807) is 7.05 Å². The molecule has 0 bridgehead atoms. The molecule has 0 atom stereocenters. The van der Waals surface area contributed by atoms with Crippen LogP contribution >= 0.6 is 23.5 Å². The van der Waals surface area contributed by atoms with Crippen molar-refractivity contribution in [2.24, 2.45) is 7.05 Å². The van der Waals surface area contributed by atoms with Gasteiger partial charge in [-0.2, -0.15) is 5.26 Å². The molecule has 1 aromatic heterocycles. The maximum Gasteiger partial charge on any atom is 0.209 e. The highest BCUT2D eigenvalue weighted by atomic mass is 32.2. The summed E-state index contributed by atoms with van der Waals surface area (Å²) < 4.78 is 1.49. The Kier molecular flexibility index (Phi) is 4.36. The molecule has 0 saturated carbocycles. The van der Waals surface area contributed by atoms with Gasteiger partial charge in [0, 0.05) is 19.0 Å². The van der Waals surface area contributed by atoms with E-state index >= 15 is 0 Å². The van der Waals surface area contributed by atoms with Crippen LogP contribution < -0.4 is 4.90 Å². The molecule has 0 amide bonds. The van der Waals surface area contributed by atoms with E-state index in [0.29, 0.717) is 10.2 Å². The van der Waals surface area contributed by atoms with E-state index in [1.807, 2.05) is 42.3 Å². The Morgan fingerprint density at radius 3 is 2.83 bits per heavy atom. The molecule has 3 rings (SSSR count). The van der Waals surface area contributed by atoms with Crippen molar-refractivity contribution < 1.29 is 4.79 Å². The molecule has 1 aliphatic heterocycles. The van der Waals surface area contributed by atoms with Crippen LogP contribution in [0.3, 0.4) is 0 Å². The van der Waals surface area contributed by atoms with Gasteiger partial charge < -0.3 is 4.90 Å². The normalized spacial score (nSPS) is 15.3. The van der Waals surface area contributed by atoms with E-state index in [9.17, 15) is 10.1 Å². The maximum atomic E-state index is 12.4. The summed E-state index contributed by atoms with van der Waals surface area (Å²) in [6.45, 7) is 0. The van der Waals surface area contributed by atoms with Crippen LogP contribution in [0.1, 0.15) is 0 Å². The Morgan fingerprint density at radius 2 is 2.17 bits per heavy atom. The fraction of sp³-hybridized carbons (Fsp3) is 0.214. The number of benzene rings is 1. The van der Waals surface area contributed by atoms with Crippen LogP contribution in [0.15, 0.2) is 44.9 Å². The van der Waals surface area contributed by atoms with E-state index in [4.69, 9.17) is 0 Å². The van der Waals surface area contributed by atoms with Gasteiger partial charge >= 0.3 is 0 Å². The summed E-state index contributed by atoms with van der Waals surface area (Å²) in [6.07, 6.45) is 0. The van der Waals surface area contributed by atoms with E-state index in [2.05, 4.69) is 15.5 Å². The molecule has 2 aromatic rings. The number of anilines is 1. The highest BCUT2D eigenvalue weighted by molar-refractivity contribution is 8.03. The van der Waals surface area contributed by atoms with E-state index in [-0.39, 0.29) is 17.1 Å². The molecular weight excluding hydrogens is 332 g/mol. The molecule has 0 saturated heterocycles. The number of hydrogen-bond acceptors (Lipinski definition) is 8. The number of nitrogens with zero attached hydrogens (tertiary/aromatic N) is 6. The average molecular weight is 344 g/mol. The lowest BCUT2D eigenvalue weighted by molar-refractivity contribution is -0.112. The topological polar surface area (TPSA) is 87.7 Å². The van der Waals surface area contributed by atoms with Crippen molar-refractivity contribution in [1.82, 2.24) is 20.2 Å². The molecule has 1 aliphatic rings. The summed E-state index contributed by atoms with van der Waals surface area (Å²) in [5.74, 6) is -0.117. The van der Waals surface area contributed by atoms with Crippen LogP contribution in [0.5, 0.6) is 0 Å². The molecule has 116 valence electrons. The number of hydrogen-bond donors (Lipinski definition) is 0. The number of nitriles is 1. The van der Waals surface area contributed by atoms with Gasteiger partial charge in [-0.1, -0.05) is 35.7 Å². The fourth-order valence-corrected chi connectivity index (χ4v) is 3.98.